The van der Waals surface area contributed by atoms with Crippen molar-refractivity contribution in [3.05, 3.63) is 23.8 Å². The lowest BCUT2D eigenvalue weighted by Gasteiger charge is -2.03. The predicted octanol–water partition coefficient (Wildman–Crippen LogP) is 3.23. The SMILES string of the molecule is CCCCCOC(=O)c1ccc2nc(N)sc2c1. The van der Waals surface area contributed by atoms with Crippen molar-refractivity contribution in [2.45, 2.75) is 26.2 Å². The summed E-state index contributed by atoms with van der Waals surface area (Å²) in [6.07, 6.45) is 3.11. The zero-order chi connectivity index (χ0) is 13.0. The number of benzene rings is 1. The molecule has 0 radical (unpaired) electrons. The average Bonchev–Trinajstić information content (AvgIpc) is 2.73. The van der Waals surface area contributed by atoms with Gasteiger partial charge in [-0.2, -0.15) is 0 Å². The highest BCUT2D eigenvalue weighted by Crippen LogP contribution is 2.24. The van der Waals surface area contributed by atoms with Crippen molar-refractivity contribution in [3.8, 4) is 0 Å². The highest BCUT2D eigenvalue weighted by molar-refractivity contribution is 7.22. The lowest BCUT2D eigenvalue weighted by molar-refractivity contribution is 0.0498. The molecule has 0 atom stereocenters. The molecule has 2 rings (SSSR count). The van der Waals surface area contributed by atoms with Crippen LogP contribution in [0.5, 0.6) is 0 Å². The summed E-state index contributed by atoms with van der Waals surface area (Å²) in [4.78, 5) is 15.9. The number of fused-ring (bicyclic) bond motifs is 1. The second-order valence-corrected chi connectivity index (χ2v) is 5.14. The summed E-state index contributed by atoms with van der Waals surface area (Å²) in [5.74, 6) is -0.278. The van der Waals surface area contributed by atoms with Crippen LogP contribution in [-0.4, -0.2) is 17.6 Å². The summed E-state index contributed by atoms with van der Waals surface area (Å²) in [5, 5.41) is 0.512. The Morgan fingerprint density at radius 3 is 3.06 bits per heavy atom. The number of aromatic nitrogens is 1. The normalized spacial score (nSPS) is 10.7. The highest BCUT2D eigenvalue weighted by Gasteiger charge is 2.09. The van der Waals surface area contributed by atoms with Crippen molar-refractivity contribution >= 4 is 32.7 Å². The molecule has 0 saturated carbocycles. The first-order chi connectivity index (χ1) is 8.70. The molecule has 5 heteroatoms. The van der Waals surface area contributed by atoms with Crippen molar-refractivity contribution in [3.63, 3.8) is 0 Å². The van der Waals surface area contributed by atoms with Gasteiger partial charge in [0.2, 0.25) is 0 Å². The molecule has 0 unspecified atom stereocenters. The number of hydrogen-bond acceptors (Lipinski definition) is 5. The summed E-state index contributed by atoms with van der Waals surface area (Å²) in [5.41, 5.74) is 7.00. The molecule has 0 amide bonds. The van der Waals surface area contributed by atoms with Gasteiger partial charge in [0.1, 0.15) is 0 Å². The van der Waals surface area contributed by atoms with Gasteiger partial charge in [0.05, 0.1) is 22.4 Å². The van der Waals surface area contributed by atoms with E-state index in [0.717, 1.165) is 29.5 Å². The van der Waals surface area contributed by atoms with Gasteiger partial charge in [0.25, 0.3) is 0 Å². The maximum atomic E-state index is 11.8. The van der Waals surface area contributed by atoms with E-state index in [1.807, 2.05) is 0 Å². The van der Waals surface area contributed by atoms with E-state index in [1.165, 1.54) is 11.3 Å². The van der Waals surface area contributed by atoms with Gasteiger partial charge in [-0.15, -0.1) is 0 Å². The van der Waals surface area contributed by atoms with Crippen LogP contribution in [0.25, 0.3) is 10.2 Å². The third-order valence-corrected chi connectivity index (χ3v) is 3.47. The molecule has 0 fully saturated rings. The average molecular weight is 264 g/mol. The molecule has 0 aliphatic carbocycles. The van der Waals surface area contributed by atoms with Crippen LogP contribution in [0.1, 0.15) is 36.5 Å². The summed E-state index contributed by atoms with van der Waals surface area (Å²) >= 11 is 1.37. The highest BCUT2D eigenvalue weighted by atomic mass is 32.1. The summed E-state index contributed by atoms with van der Waals surface area (Å²) < 4.78 is 6.11. The van der Waals surface area contributed by atoms with Gasteiger partial charge in [-0.1, -0.05) is 31.1 Å². The van der Waals surface area contributed by atoms with Crippen LogP contribution in [0.15, 0.2) is 18.2 Å². The minimum absolute atomic E-state index is 0.278. The number of nitrogens with two attached hydrogens (primary N) is 1. The van der Waals surface area contributed by atoms with E-state index in [9.17, 15) is 4.79 Å². The maximum absolute atomic E-state index is 11.8. The van der Waals surface area contributed by atoms with Gasteiger partial charge in [0.15, 0.2) is 5.13 Å². The topological polar surface area (TPSA) is 65.2 Å². The van der Waals surface area contributed by atoms with Crippen molar-refractivity contribution in [2.24, 2.45) is 0 Å². The Labute approximate surface area is 110 Å². The van der Waals surface area contributed by atoms with Crippen LogP contribution in [0.2, 0.25) is 0 Å². The lowest BCUT2D eigenvalue weighted by Crippen LogP contribution is -2.06. The number of nitrogen functional groups attached to an aromatic ring is 1. The molecule has 0 saturated heterocycles. The molecule has 96 valence electrons. The van der Waals surface area contributed by atoms with E-state index in [1.54, 1.807) is 18.2 Å². The molecule has 2 N–H and O–H groups in total. The van der Waals surface area contributed by atoms with Crippen molar-refractivity contribution in [1.82, 2.24) is 4.98 Å². The summed E-state index contributed by atoms with van der Waals surface area (Å²) in [6.45, 7) is 2.60. The van der Waals surface area contributed by atoms with E-state index in [0.29, 0.717) is 17.3 Å². The van der Waals surface area contributed by atoms with E-state index in [2.05, 4.69) is 11.9 Å². The molecule has 1 aromatic carbocycles. The van der Waals surface area contributed by atoms with Gasteiger partial charge in [-0.3, -0.25) is 0 Å². The molecular formula is C13H16N2O2S. The Morgan fingerprint density at radius 2 is 2.28 bits per heavy atom. The van der Waals surface area contributed by atoms with Gasteiger partial charge >= 0.3 is 5.97 Å². The Kier molecular flexibility index (Phi) is 4.15. The molecule has 1 heterocycles. The van der Waals surface area contributed by atoms with Gasteiger partial charge in [-0.25, -0.2) is 9.78 Å². The number of nitrogens with zero attached hydrogens (tertiary/aromatic N) is 1. The number of rotatable bonds is 5. The fraction of sp³-hybridized carbons (Fsp3) is 0.385. The van der Waals surface area contributed by atoms with Crippen LogP contribution in [0, 0.1) is 0 Å². The first-order valence-electron chi connectivity index (χ1n) is 6.04. The van der Waals surface area contributed by atoms with Gasteiger partial charge in [-0.05, 0) is 24.6 Å². The summed E-state index contributed by atoms with van der Waals surface area (Å²) in [7, 11) is 0. The summed E-state index contributed by atoms with van der Waals surface area (Å²) in [6, 6.07) is 5.31. The number of thiazole rings is 1. The monoisotopic (exact) mass is 264 g/mol. The van der Waals surface area contributed by atoms with Crippen LogP contribution >= 0.6 is 11.3 Å². The second-order valence-electron chi connectivity index (χ2n) is 4.08. The first-order valence-corrected chi connectivity index (χ1v) is 6.85. The number of esters is 1. The quantitative estimate of drug-likeness (QED) is 0.665. The number of ether oxygens (including phenoxy) is 1. The maximum Gasteiger partial charge on any atom is 0.338 e. The number of hydrogen-bond donors (Lipinski definition) is 1. The second kappa shape index (κ2) is 5.82. The predicted molar refractivity (Wildman–Crippen MR) is 73.8 cm³/mol. The number of unbranched alkanes of at least 4 members (excludes halogenated alkanes) is 2. The molecule has 1 aromatic heterocycles. The zero-order valence-electron chi connectivity index (χ0n) is 10.3. The molecule has 0 aliphatic heterocycles. The van der Waals surface area contributed by atoms with E-state index in [-0.39, 0.29) is 5.97 Å². The Morgan fingerprint density at radius 1 is 1.44 bits per heavy atom. The number of anilines is 1. The molecule has 4 nitrogen and oxygen atoms in total. The standard InChI is InChI=1S/C13H16N2O2S/c1-2-3-4-7-17-12(16)9-5-6-10-11(8-9)18-13(14)15-10/h5-6,8H,2-4,7H2,1H3,(H2,14,15). The number of carbonyl (C=O) groups excluding carboxylic acids is 1. The van der Waals surface area contributed by atoms with Crippen LogP contribution in [-0.2, 0) is 4.74 Å². The molecule has 0 bridgehead atoms. The zero-order valence-corrected chi connectivity index (χ0v) is 11.1. The van der Waals surface area contributed by atoms with Crippen LogP contribution in [0.3, 0.4) is 0 Å². The Balaban J connectivity index is 2.03. The minimum Gasteiger partial charge on any atom is -0.462 e. The Bertz CT molecular complexity index is 551. The third-order valence-electron chi connectivity index (χ3n) is 2.62. The van der Waals surface area contributed by atoms with Crippen molar-refractivity contribution in [2.75, 3.05) is 12.3 Å². The molecule has 0 aliphatic rings. The molecular weight excluding hydrogens is 248 g/mol. The van der Waals surface area contributed by atoms with Crippen LogP contribution in [0.4, 0.5) is 5.13 Å². The van der Waals surface area contributed by atoms with Crippen LogP contribution < -0.4 is 5.73 Å². The van der Waals surface area contributed by atoms with Gasteiger partial charge in [0, 0.05) is 0 Å². The van der Waals surface area contributed by atoms with Crippen molar-refractivity contribution in [1.29, 1.82) is 0 Å². The van der Waals surface area contributed by atoms with E-state index in [4.69, 9.17) is 10.5 Å². The van der Waals surface area contributed by atoms with E-state index < -0.39 is 0 Å². The van der Waals surface area contributed by atoms with E-state index >= 15 is 0 Å². The number of carbonyl (C=O) groups is 1. The smallest absolute Gasteiger partial charge is 0.338 e. The lowest BCUT2D eigenvalue weighted by atomic mass is 10.2. The fourth-order valence-corrected chi connectivity index (χ4v) is 2.44. The molecule has 18 heavy (non-hydrogen) atoms. The minimum atomic E-state index is -0.278. The third kappa shape index (κ3) is 2.98. The van der Waals surface area contributed by atoms with Crippen molar-refractivity contribution < 1.29 is 9.53 Å². The fourth-order valence-electron chi connectivity index (χ4n) is 1.67. The molecule has 2 aromatic rings. The van der Waals surface area contributed by atoms with Gasteiger partial charge < -0.3 is 10.5 Å². The molecule has 0 spiro atoms. The Hall–Kier alpha value is -1.62. The largest absolute Gasteiger partial charge is 0.462 e. The first kappa shape index (κ1) is 12.8.